The molecule has 1 aromatic carbocycles. The minimum atomic E-state index is 0.0653. The second-order valence-corrected chi connectivity index (χ2v) is 5.43. The summed E-state index contributed by atoms with van der Waals surface area (Å²) < 4.78 is 6.35. The van der Waals surface area contributed by atoms with Crippen molar-refractivity contribution in [2.45, 2.75) is 18.9 Å². The lowest BCUT2D eigenvalue weighted by Gasteiger charge is -2.28. The maximum absolute atomic E-state index is 6.29. The zero-order chi connectivity index (χ0) is 11.5. The summed E-state index contributed by atoms with van der Waals surface area (Å²) in [6.07, 6.45) is 2.08. The molecule has 0 aliphatic carbocycles. The van der Waals surface area contributed by atoms with Crippen molar-refractivity contribution in [1.82, 2.24) is 0 Å². The van der Waals surface area contributed by atoms with Gasteiger partial charge in [-0.1, -0.05) is 33.6 Å². The molecule has 88 valence electrons. The van der Waals surface area contributed by atoms with Crippen LogP contribution in [-0.2, 0) is 4.74 Å². The smallest absolute Gasteiger partial charge is 0.0469 e. The van der Waals surface area contributed by atoms with Crippen LogP contribution in [0.4, 0.5) is 0 Å². The summed E-state index contributed by atoms with van der Waals surface area (Å²) in [5.74, 6) is 0.506. The van der Waals surface area contributed by atoms with Crippen molar-refractivity contribution in [3.8, 4) is 0 Å². The van der Waals surface area contributed by atoms with Gasteiger partial charge in [0, 0.05) is 28.8 Å². The molecule has 1 heterocycles. The Bertz CT molecular complexity index is 366. The fourth-order valence-corrected chi connectivity index (χ4v) is 3.05. The van der Waals surface area contributed by atoms with Gasteiger partial charge < -0.3 is 10.5 Å². The van der Waals surface area contributed by atoms with E-state index in [0.29, 0.717) is 5.92 Å². The van der Waals surface area contributed by atoms with Crippen molar-refractivity contribution in [2.24, 2.45) is 11.7 Å². The third-order valence-electron chi connectivity index (χ3n) is 3.10. The van der Waals surface area contributed by atoms with Gasteiger partial charge in [-0.05, 0) is 36.5 Å². The summed E-state index contributed by atoms with van der Waals surface area (Å²) in [5.41, 5.74) is 7.43. The van der Waals surface area contributed by atoms with Gasteiger partial charge in [0.1, 0.15) is 0 Å². The molecule has 0 bridgehead atoms. The van der Waals surface area contributed by atoms with Crippen LogP contribution in [0.15, 0.2) is 22.7 Å². The Balaban J connectivity index is 2.15. The van der Waals surface area contributed by atoms with E-state index in [2.05, 4.69) is 15.9 Å². The molecule has 1 aliphatic rings. The number of halogens is 2. The number of nitrogens with two attached hydrogens (primary N) is 1. The van der Waals surface area contributed by atoms with Gasteiger partial charge in [0.05, 0.1) is 0 Å². The van der Waals surface area contributed by atoms with E-state index in [1.165, 1.54) is 0 Å². The number of rotatable bonds is 2. The molecule has 0 unspecified atom stereocenters. The van der Waals surface area contributed by atoms with E-state index in [9.17, 15) is 0 Å². The number of ether oxygens (including phenoxy) is 1. The fourth-order valence-electron chi connectivity index (χ4n) is 2.10. The molecule has 1 aromatic rings. The summed E-state index contributed by atoms with van der Waals surface area (Å²) in [6.45, 7) is 1.65. The van der Waals surface area contributed by atoms with Crippen molar-refractivity contribution in [3.63, 3.8) is 0 Å². The Morgan fingerprint density at radius 1 is 1.38 bits per heavy atom. The molecule has 2 nitrogen and oxygen atoms in total. The molecular formula is C12H15BrClNO. The average molecular weight is 305 g/mol. The molecule has 0 spiro atoms. The highest BCUT2D eigenvalue weighted by Crippen LogP contribution is 2.33. The van der Waals surface area contributed by atoms with Crippen LogP contribution in [0.5, 0.6) is 0 Å². The molecule has 1 fully saturated rings. The first-order chi connectivity index (χ1) is 7.68. The first kappa shape index (κ1) is 12.4. The quantitative estimate of drug-likeness (QED) is 0.907. The predicted molar refractivity (Wildman–Crippen MR) is 69.6 cm³/mol. The number of hydrogen-bond acceptors (Lipinski definition) is 2. The lowest BCUT2D eigenvalue weighted by atomic mass is 9.88. The van der Waals surface area contributed by atoms with Crippen LogP contribution >= 0.6 is 27.5 Å². The molecule has 0 amide bonds. The van der Waals surface area contributed by atoms with E-state index < -0.39 is 0 Å². The van der Waals surface area contributed by atoms with Gasteiger partial charge in [-0.3, -0.25) is 0 Å². The highest BCUT2D eigenvalue weighted by Gasteiger charge is 2.23. The standard InChI is InChI=1S/C12H15BrClNO/c13-11-7-9(14)1-2-10(11)12(15)8-3-5-16-6-4-8/h1-2,7-8,12H,3-6,15H2/t12-/m0/s1. The van der Waals surface area contributed by atoms with Crippen LogP contribution in [0.1, 0.15) is 24.4 Å². The second kappa shape index (κ2) is 5.50. The normalized spacial score (nSPS) is 19.7. The van der Waals surface area contributed by atoms with Gasteiger partial charge in [-0.25, -0.2) is 0 Å². The Morgan fingerprint density at radius 3 is 2.69 bits per heavy atom. The molecule has 1 saturated heterocycles. The summed E-state index contributed by atoms with van der Waals surface area (Å²) in [5, 5.41) is 0.731. The van der Waals surface area contributed by atoms with Crippen LogP contribution in [0.25, 0.3) is 0 Å². The molecule has 1 aliphatic heterocycles. The molecule has 1 atom stereocenters. The van der Waals surface area contributed by atoms with E-state index in [1.807, 2.05) is 18.2 Å². The number of benzene rings is 1. The average Bonchev–Trinajstić information content (AvgIpc) is 2.29. The minimum absolute atomic E-state index is 0.0653. The first-order valence-electron chi connectivity index (χ1n) is 5.47. The summed E-state index contributed by atoms with van der Waals surface area (Å²) in [4.78, 5) is 0. The molecule has 4 heteroatoms. The lowest BCUT2D eigenvalue weighted by Crippen LogP contribution is -2.27. The highest BCUT2D eigenvalue weighted by molar-refractivity contribution is 9.10. The zero-order valence-electron chi connectivity index (χ0n) is 8.96. The van der Waals surface area contributed by atoms with E-state index in [-0.39, 0.29) is 6.04 Å². The fraction of sp³-hybridized carbons (Fsp3) is 0.500. The molecule has 0 radical (unpaired) electrons. The molecule has 0 aromatic heterocycles. The SMILES string of the molecule is N[C@H](c1ccc(Cl)cc1Br)C1CCOCC1. The Hall–Kier alpha value is -0.0900. The second-order valence-electron chi connectivity index (χ2n) is 4.14. The molecular weight excluding hydrogens is 289 g/mol. The van der Waals surface area contributed by atoms with E-state index in [0.717, 1.165) is 41.1 Å². The van der Waals surface area contributed by atoms with Crippen molar-refractivity contribution in [1.29, 1.82) is 0 Å². The van der Waals surface area contributed by atoms with Crippen LogP contribution < -0.4 is 5.73 Å². The van der Waals surface area contributed by atoms with E-state index in [1.54, 1.807) is 0 Å². The molecule has 16 heavy (non-hydrogen) atoms. The summed E-state index contributed by atoms with van der Waals surface area (Å²) in [6, 6.07) is 5.86. The summed E-state index contributed by atoms with van der Waals surface area (Å²) >= 11 is 9.44. The van der Waals surface area contributed by atoms with Crippen molar-refractivity contribution >= 4 is 27.5 Å². The topological polar surface area (TPSA) is 35.2 Å². The van der Waals surface area contributed by atoms with Crippen LogP contribution in [0.3, 0.4) is 0 Å². The van der Waals surface area contributed by atoms with Crippen LogP contribution in [0.2, 0.25) is 5.02 Å². The minimum Gasteiger partial charge on any atom is -0.381 e. The maximum Gasteiger partial charge on any atom is 0.0469 e. The Labute approximate surface area is 109 Å². The van der Waals surface area contributed by atoms with Gasteiger partial charge in [-0.2, -0.15) is 0 Å². The van der Waals surface area contributed by atoms with Gasteiger partial charge in [-0.15, -0.1) is 0 Å². The van der Waals surface area contributed by atoms with Crippen molar-refractivity contribution in [3.05, 3.63) is 33.3 Å². The monoisotopic (exact) mass is 303 g/mol. The maximum atomic E-state index is 6.29. The molecule has 2 rings (SSSR count). The molecule has 2 N–H and O–H groups in total. The van der Waals surface area contributed by atoms with Gasteiger partial charge in [0.2, 0.25) is 0 Å². The van der Waals surface area contributed by atoms with Crippen molar-refractivity contribution < 1.29 is 4.74 Å². The van der Waals surface area contributed by atoms with Gasteiger partial charge >= 0.3 is 0 Å². The third kappa shape index (κ3) is 2.77. The largest absolute Gasteiger partial charge is 0.381 e. The van der Waals surface area contributed by atoms with Gasteiger partial charge in [0.15, 0.2) is 0 Å². The number of hydrogen-bond donors (Lipinski definition) is 1. The molecule has 0 saturated carbocycles. The van der Waals surface area contributed by atoms with Crippen LogP contribution in [-0.4, -0.2) is 13.2 Å². The van der Waals surface area contributed by atoms with Crippen molar-refractivity contribution in [2.75, 3.05) is 13.2 Å². The van der Waals surface area contributed by atoms with E-state index >= 15 is 0 Å². The third-order valence-corrected chi connectivity index (χ3v) is 4.02. The Kier molecular flexibility index (Phi) is 4.25. The lowest BCUT2D eigenvalue weighted by molar-refractivity contribution is 0.0583. The summed E-state index contributed by atoms with van der Waals surface area (Å²) in [7, 11) is 0. The first-order valence-corrected chi connectivity index (χ1v) is 6.64. The van der Waals surface area contributed by atoms with Gasteiger partial charge in [0.25, 0.3) is 0 Å². The predicted octanol–water partition coefficient (Wildman–Crippen LogP) is 3.53. The van der Waals surface area contributed by atoms with Crippen LogP contribution in [0, 0.1) is 5.92 Å². The van der Waals surface area contributed by atoms with E-state index in [4.69, 9.17) is 22.1 Å². The zero-order valence-corrected chi connectivity index (χ0v) is 11.3. The highest BCUT2D eigenvalue weighted by atomic mass is 79.9. The Morgan fingerprint density at radius 2 is 2.06 bits per heavy atom.